The van der Waals surface area contributed by atoms with Gasteiger partial charge in [0.05, 0.1) is 17.6 Å². The molecule has 1 aromatic heterocycles. The first kappa shape index (κ1) is 24.5. The number of hydrogen-bond donors (Lipinski definition) is 1. The summed E-state index contributed by atoms with van der Waals surface area (Å²) < 4.78 is 13.9. The zero-order valence-corrected chi connectivity index (χ0v) is 20.5. The fraction of sp³-hybridized carbons (Fsp3) is 0.320. The maximum atomic E-state index is 12.4. The van der Waals surface area contributed by atoms with Gasteiger partial charge in [0, 0.05) is 18.9 Å². The van der Waals surface area contributed by atoms with E-state index in [2.05, 4.69) is 28.2 Å². The highest BCUT2D eigenvalue weighted by Gasteiger charge is 2.14. The van der Waals surface area contributed by atoms with Crippen molar-refractivity contribution in [2.24, 2.45) is 0 Å². The molecule has 1 heterocycles. The highest BCUT2D eigenvalue weighted by molar-refractivity contribution is 9.10. The van der Waals surface area contributed by atoms with Crippen LogP contribution in [0.5, 0.6) is 5.75 Å². The number of benzene rings is 2. The van der Waals surface area contributed by atoms with Gasteiger partial charge in [-0.3, -0.25) is 4.79 Å². The Balaban J connectivity index is 1.38. The molecule has 0 aliphatic rings. The van der Waals surface area contributed by atoms with Gasteiger partial charge >= 0.3 is 6.09 Å². The van der Waals surface area contributed by atoms with Crippen molar-refractivity contribution in [3.05, 3.63) is 71.0 Å². The first-order chi connectivity index (χ1) is 16.0. The summed E-state index contributed by atoms with van der Waals surface area (Å²) in [6.07, 6.45) is 4.24. The largest absolute Gasteiger partial charge is 0.491 e. The standard InChI is InChI=1S/C25H28BrN3O4/c1-3-12-29-17-20(16-21(26)18-29)24(30)27-11-14-33-25(31)28(2)13-15-32-23-10-6-8-19-7-4-5-9-22(19)23/h4-10,16-18H,3,11-15H2,1-2H3/p+1. The molecule has 174 valence electrons. The highest BCUT2D eigenvalue weighted by Crippen LogP contribution is 2.24. The van der Waals surface area contributed by atoms with Crippen LogP contribution in [0, 0.1) is 0 Å². The number of fused-ring (bicyclic) bond motifs is 1. The lowest BCUT2D eigenvalue weighted by atomic mass is 10.1. The minimum atomic E-state index is -0.464. The number of nitrogens with zero attached hydrogens (tertiary/aromatic N) is 2. The number of pyridine rings is 1. The Morgan fingerprint density at radius 3 is 2.70 bits per heavy atom. The number of aromatic nitrogens is 1. The van der Waals surface area contributed by atoms with Gasteiger partial charge < -0.3 is 19.7 Å². The molecule has 0 spiro atoms. The molecule has 2 amide bonds. The van der Waals surface area contributed by atoms with Crippen LogP contribution in [0.3, 0.4) is 0 Å². The molecule has 0 bridgehead atoms. The van der Waals surface area contributed by atoms with Gasteiger partial charge in [0.15, 0.2) is 12.4 Å². The molecule has 7 nitrogen and oxygen atoms in total. The molecule has 3 aromatic rings. The molecule has 33 heavy (non-hydrogen) atoms. The Kier molecular flexibility index (Phi) is 9.06. The van der Waals surface area contributed by atoms with E-state index >= 15 is 0 Å². The Morgan fingerprint density at radius 2 is 1.88 bits per heavy atom. The van der Waals surface area contributed by atoms with Crippen molar-refractivity contribution < 1.29 is 23.6 Å². The lowest BCUT2D eigenvalue weighted by Gasteiger charge is -2.18. The van der Waals surface area contributed by atoms with Crippen LogP contribution in [0.25, 0.3) is 10.8 Å². The van der Waals surface area contributed by atoms with E-state index in [1.807, 2.05) is 53.2 Å². The van der Waals surface area contributed by atoms with Crippen LogP contribution in [0.4, 0.5) is 4.79 Å². The van der Waals surface area contributed by atoms with Crippen molar-refractivity contribution in [1.29, 1.82) is 0 Å². The minimum Gasteiger partial charge on any atom is -0.491 e. The third kappa shape index (κ3) is 7.18. The number of nitrogens with one attached hydrogen (secondary N) is 1. The zero-order valence-electron chi connectivity index (χ0n) is 18.9. The maximum absolute atomic E-state index is 12.4. The van der Waals surface area contributed by atoms with Crippen molar-refractivity contribution in [2.75, 3.05) is 33.4 Å². The van der Waals surface area contributed by atoms with Crippen LogP contribution in [-0.4, -0.2) is 50.3 Å². The maximum Gasteiger partial charge on any atom is 0.409 e. The number of carbonyl (C=O) groups excluding carboxylic acids is 2. The molecule has 0 atom stereocenters. The molecule has 1 N–H and O–H groups in total. The van der Waals surface area contributed by atoms with Crippen molar-refractivity contribution in [3.63, 3.8) is 0 Å². The van der Waals surface area contributed by atoms with Gasteiger partial charge in [-0.15, -0.1) is 0 Å². The Hall–Kier alpha value is -3.13. The van der Waals surface area contributed by atoms with Crippen molar-refractivity contribution in [2.45, 2.75) is 19.9 Å². The average Bonchev–Trinajstić information content (AvgIpc) is 2.81. The second kappa shape index (κ2) is 12.2. The lowest BCUT2D eigenvalue weighted by molar-refractivity contribution is -0.697. The van der Waals surface area contributed by atoms with Crippen molar-refractivity contribution >= 4 is 38.7 Å². The van der Waals surface area contributed by atoms with Crippen molar-refractivity contribution in [3.8, 4) is 5.75 Å². The van der Waals surface area contributed by atoms with Crippen LogP contribution in [0.1, 0.15) is 23.7 Å². The predicted octanol–water partition coefficient (Wildman–Crippen LogP) is 4.18. The van der Waals surface area contributed by atoms with Gasteiger partial charge in [-0.05, 0) is 33.4 Å². The molecule has 0 aliphatic carbocycles. The number of aryl methyl sites for hydroxylation is 1. The molecular weight excluding hydrogens is 486 g/mol. The second-order valence-electron chi connectivity index (χ2n) is 7.60. The van der Waals surface area contributed by atoms with Crippen molar-refractivity contribution in [1.82, 2.24) is 10.2 Å². The number of carbonyl (C=O) groups is 2. The van der Waals surface area contributed by atoms with E-state index in [1.165, 1.54) is 4.90 Å². The summed E-state index contributed by atoms with van der Waals surface area (Å²) in [5.74, 6) is 0.569. The second-order valence-corrected chi connectivity index (χ2v) is 8.51. The molecule has 0 saturated carbocycles. The van der Waals surface area contributed by atoms with E-state index < -0.39 is 6.09 Å². The minimum absolute atomic E-state index is 0.0854. The summed E-state index contributed by atoms with van der Waals surface area (Å²) in [6, 6.07) is 15.6. The summed E-state index contributed by atoms with van der Waals surface area (Å²) in [4.78, 5) is 26.0. The van der Waals surface area contributed by atoms with E-state index in [0.29, 0.717) is 18.7 Å². The SMILES string of the molecule is CCC[n+]1cc(Br)cc(C(=O)NCCOC(=O)N(C)CCOc2cccc3ccccc23)c1. The summed E-state index contributed by atoms with van der Waals surface area (Å²) in [5.41, 5.74) is 0.548. The first-order valence-corrected chi connectivity index (χ1v) is 11.7. The molecular formula is C25H29BrN3O4+. The van der Waals surface area contributed by atoms with Gasteiger partial charge in [-0.25, -0.2) is 9.36 Å². The molecule has 0 aliphatic heterocycles. The monoisotopic (exact) mass is 514 g/mol. The van der Waals surface area contributed by atoms with Crippen LogP contribution in [-0.2, 0) is 11.3 Å². The Bertz CT molecular complexity index is 1100. The van der Waals surface area contributed by atoms with Gasteiger partial charge in [0.1, 0.15) is 31.1 Å². The molecule has 8 heteroatoms. The number of ether oxygens (including phenoxy) is 2. The number of hydrogen-bond acceptors (Lipinski definition) is 4. The summed E-state index contributed by atoms with van der Waals surface area (Å²) in [5, 5.41) is 4.92. The van der Waals surface area contributed by atoms with E-state index in [4.69, 9.17) is 9.47 Å². The fourth-order valence-corrected chi connectivity index (χ4v) is 3.84. The summed E-state index contributed by atoms with van der Waals surface area (Å²) in [7, 11) is 1.65. The Labute approximate surface area is 202 Å². The van der Waals surface area contributed by atoms with Crippen LogP contribution in [0.15, 0.2) is 65.4 Å². The third-order valence-corrected chi connectivity index (χ3v) is 5.42. The van der Waals surface area contributed by atoms with Crippen LogP contribution in [0.2, 0.25) is 0 Å². The summed E-state index contributed by atoms with van der Waals surface area (Å²) >= 11 is 3.43. The molecule has 0 unspecified atom stereocenters. The van der Waals surface area contributed by atoms with E-state index in [0.717, 1.165) is 34.0 Å². The topological polar surface area (TPSA) is 71.8 Å². The predicted molar refractivity (Wildman–Crippen MR) is 130 cm³/mol. The average molecular weight is 515 g/mol. The molecule has 0 saturated heterocycles. The zero-order chi connectivity index (χ0) is 23.6. The van der Waals surface area contributed by atoms with Gasteiger partial charge in [0.25, 0.3) is 5.91 Å². The highest BCUT2D eigenvalue weighted by atomic mass is 79.9. The lowest BCUT2D eigenvalue weighted by Crippen LogP contribution is -2.37. The smallest absolute Gasteiger partial charge is 0.409 e. The van der Waals surface area contributed by atoms with Crippen LogP contribution >= 0.6 is 15.9 Å². The quantitative estimate of drug-likeness (QED) is 0.325. The van der Waals surface area contributed by atoms with Gasteiger partial charge in [-0.1, -0.05) is 43.3 Å². The van der Waals surface area contributed by atoms with E-state index in [-0.39, 0.29) is 19.1 Å². The normalized spacial score (nSPS) is 10.6. The number of halogens is 1. The number of rotatable bonds is 10. The Morgan fingerprint density at radius 1 is 1.09 bits per heavy atom. The third-order valence-electron chi connectivity index (χ3n) is 4.99. The first-order valence-electron chi connectivity index (χ1n) is 10.9. The molecule has 0 radical (unpaired) electrons. The van der Waals surface area contributed by atoms with E-state index in [9.17, 15) is 9.59 Å². The fourth-order valence-electron chi connectivity index (χ4n) is 3.33. The molecule has 2 aromatic carbocycles. The molecule has 3 rings (SSSR count). The van der Waals surface area contributed by atoms with Gasteiger partial charge in [0.2, 0.25) is 0 Å². The van der Waals surface area contributed by atoms with Gasteiger partial charge in [-0.2, -0.15) is 0 Å². The molecule has 0 fully saturated rings. The summed E-state index contributed by atoms with van der Waals surface area (Å²) in [6.45, 7) is 3.94. The van der Waals surface area contributed by atoms with Crippen LogP contribution < -0.4 is 14.6 Å². The van der Waals surface area contributed by atoms with E-state index in [1.54, 1.807) is 19.3 Å². The number of amides is 2. The number of likely N-dealkylation sites (N-methyl/N-ethyl adjacent to an activating group) is 1.